The van der Waals surface area contributed by atoms with E-state index in [0.717, 1.165) is 33.4 Å². The summed E-state index contributed by atoms with van der Waals surface area (Å²) >= 11 is 1.57. The Balaban J connectivity index is 1.58. The van der Waals surface area contributed by atoms with Crippen LogP contribution >= 0.6 is 11.8 Å². The number of thioether (sulfide) groups is 1. The largest absolute Gasteiger partial charge is 0.271 e. The van der Waals surface area contributed by atoms with E-state index in [1.165, 1.54) is 0 Å². The van der Waals surface area contributed by atoms with Gasteiger partial charge < -0.3 is 0 Å². The number of aryl methyl sites for hydroxylation is 2. The Hall–Kier alpha value is -3.50. The Morgan fingerprint density at radius 3 is 2.23 bits per heavy atom. The van der Waals surface area contributed by atoms with E-state index < -0.39 is 0 Å². The molecule has 150 valence electrons. The first-order valence-electron chi connectivity index (χ1n) is 9.34. The topological polar surface area (TPSA) is 91.0 Å². The maximum Gasteiger partial charge on any atom is 0.271 e. The first-order valence-corrected chi connectivity index (χ1v) is 10.3. The number of aromatic nitrogens is 2. The fraction of sp³-hybridized carbons (Fsp3) is 0.174. The molecule has 0 saturated carbocycles. The summed E-state index contributed by atoms with van der Waals surface area (Å²) in [6.45, 7) is 5.71. The van der Waals surface area contributed by atoms with Crippen molar-refractivity contribution < 1.29 is 4.79 Å². The molecule has 1 N–H and O–H groups in total. The number of carbonyl (C=O) groups is 1. The Morgan fingerprint density at radius 1 is 1.03 bits per heavy atom. The highest BCUT2D eigenvalue weighted by molar-refractivity contribution is 7.98. The number of hydrogen-bond donors (Lipinski definition) is 1. The van der Waals surface area contributed by atoms with Crippen molar-refractivity contribution in [1.29, 1.82) is 5.26 Å². The molecule has 7 heteroatoms. The summed E-state index contributed by atoms with van der Waals surface area (Å²) in [6.07, 6.45) is 0. The lowest BCUT2D eigenvalue weighted by Crippen LogP contribution is -2.19. The lowest BCUT2D eigenvalue weighted by atomic mass is 10.1. The smallest absolute Gasteiger partial charge is 0.267 e. The van der Waals surface area contributed by atoms with E-state index in [4.69, 9.17) is 5.26 Å². The third-order valence-corrected chi connectivity index (χ3v) is 5.22. The van der Waals surface area contributed by atoms with Gasteiger partial charge in [-0.3, -0.25) is 4.79 Å². The number of benzene rings is 2. The monoisotopic (exact) mass is 415 g/mol. The van der Waals surface area contributed by atoms with Crippen molar-refractivity contribution in [1.82, 2.24) is 15.4 Å². The van der Waals surface area contributed by atoms with Crippen LogP contribution < -0.4 is 5.43 Å². The molecule has 0 atom stereocenters. The summed E-state index contributed by atoms with van der Waals surface area (Å²) < 4.78 is 0. The van der Waals surface area contributed by atoms with Gasteiger partial charge in [0.05, 0.1) is 17.3 Å². The molecule has 1 aromatic heterocycles. The van der Waals surface area contributed by atoms with Crippen LogP contribution in [-0.2, 0) is 5.75 Å². The van der Waals surface area contributed by atoms with Gasteiger partial charge in [0.2, 0.25) is 0 Å². The van der Waals surface area contributed by atoms with Gasteiger partial charge in [-0.1, -0.05) is 36.0 Å². The maximum absolute atomic E-state index is 12.4. The van der Waals surface area contributed by atoms with Gasteiger partial charge in [0.15, 0.2) is 5.16 Å². The van der Waals surface area contributed by atoms with Crippen LogP contribution in [0, 0.1) is 25.2 Å². The van der Waals surface area contributed by atoms with Gasteiger partial charge in [0.1, 0.15) is 0 Å². The molecule has 0 radical (unpaired) electrons. The highest BCUT2D eigenvalue weighted by atomic mass is 32.2. The summed E-state index contributed by atoms with van der Waals surface area (Å²) in [6, 6.07) is 18.5. The molecule has 0 unspecified atom stereocenters. The molecule has 0 bridgehead atoms. The van der Waals surface area contributed by atoms with E-state index in [1.807, 2.05) is 32.0 Å². The van der Waals surface area contributed by atoms with Gasteiger partial charge in [-0.2, -0.15) is 10.4 Å². The van der Waals surface area contributed by atoms with E-state index in [-0.39, 0.29) is 5.91 Å². The standard InChI is InChI=1S/C23H21N5OS/c1-15-12-16(2)26-23(25-15)30-14-19-6-10-21(11-7-19)22(29)28-27-17(3)20-8-4-18(13-24)5-9-20/h4-12H,14H2,1-3H3,(H,28,29)/b27-17-. The lowest BCUT2D eigenvalue weighted by molar-refractivity contribution is 0.0955. The first-order chi connectivity index (χ1) is 14.4. The number of nitrogens with one attached hydrogen (secondary N) is 1. The second-order valence-corrected chi connectivity index (χ2v) is 7.69. The van der Waals surface area contributed by atoms with Crippen LogP contribution in [0.15, 0.2) is 64.9 Å². The molecule has 0 aliphatic carbocycles. The molecule has 1 heterocycles. The molecule has 0 fully saturated rings. The zero-order valence-corrected chi connectivity index (χ0v) is 17.8. The van der Waals surface area contributed by atoms with Gasteiger partial charge in [-0.05, 0) is 62.2 Å². The second kappa shape index (κ2) is 9.81. The Morgan fingerprint density at radius 2 is 1.63 bits per heavy atom. The molecule has 0 spiro atoms. The zero-order valence-electron chi connectivity index (χ0n) is 17.0. The number of hydrogen-bond acceptors (Lipinski definition) is 6. The summed E-state index contributed by atoms with van der Waals surface area (Å²) in [5, 5.41) is 13.8. The highest BCUT2D eigenvalue weighted by Gasteiger charge is 2.07. The highest BCUT2D eigenvalue weighted by Crippen LogP contribution is 2.20. The minimum absolute atomic E-state index is 0.278. The molecular weight excluding hydrogens is 394 g/mol. The maximum atomic E-state index is 12.4. The molecule has 1 amide bonds. The minimum atomic E-state index is -0.278. The summed E-state index contributed by atoms with van der Waals surface area (Å²) in [5.41, 5.74) is 8.18. The summed E-state index contributed by atoms with van der Waals surface area (Å²) in [7, 11) is 0. The van der Waals surface area contributed by atoms with Crippen molar-refractivity contribution in [3.63, 3.8) is 0 Å². The van der Waals surface area contributed by atoms with Gasteiger partial charge in [0.25, 0.3) is 5.91 Å². The van der Waals surface area contributed by atoms with Crippen LogP contribution in [0.25, 0.3) is 0 Å². The minimum Gasteiger partial charge on any atom is -0.267 e. The van der Waals surface area contributed by atoms with Crippen LogP contribution in [0.2, 0.25) is 0 Å². The van der Waals surface area contributed by atoms with E-state index in [1.54, 1.807) is 55.1 Å². The number of nitriles is 1. The normalized spacial score (nSPS) is 11.1. The van der Waals surface area contributed by atoms with Crippen LogP contribution in [-0.4, -0.2) is 21.6 Å². The van der Waals surface area contributed by atoms with Crippen molar-refractivity contribution in [3.8, 4) is 6.07 Å². The average molecular weight is 416 g/mol. The van der Waals surface area contributed by atoms with E-state index in [2.05, 4.69) is 26.6 Å². The Kier molecular flexibility index (Phi) is 6.94. The molecule has 0 aliphatic heterocycles. The molecular formula is C23H21N5OS. The zero-order chi connectivity index (χ0) is 21.5. The molecule has 0 aliphatic rings. The van der Waals surface area contributed by atoms with Crippen molar-refractivity contribution in [2.24, 2.45) is 5.10 Å². The number of carbonyl (C=O) groups excluding carboxylic acids is 1. The van der Waals surface area contributed by atoms with Gasteiger partial charge >= 0.3 is 0 Å². The molecule has 3 rings (SSSR count). The lowest BCUT2D eigenvalue weighted by Gasteiger charge is -2.05. The van der Waals surface area contributed by atoms with Crippen molar-refractivity contribution in [3.05, 3.63) is 88.2 Å². The number of nitrogens with zero attached hydrogens (tertiary/aromatic N) is 4. The second-order valence-electron chi connectivity index (χ2n) is 6.75. The number of amides is 1. The Bertz CT molecular complexity index is 1100. The van der Waals surface area contributed by atoms with Crippen LogP contribution in [0.3, 0.4) is 0 Å². The van der Waals surface area contributed by atoms with E-state index in [9.17, 15) is 4.79 Å². The predicted molar refractivity (Wildman–Crippen MR) is 118 cm³/mol. The molecule has 6 nitrogen and oxygen atoms in total. The fourth-order valence-electron chi connectivity index (χ4n) is 2.71. The van der Waals surface area contributed by atoms with Crippen molar-refractivity contribution in [2.45, 2.75) is 31.7 Å². The average Bonchev–Trinajstić information content (AvgIpc) is 2.75. The Labute approximate surface area is 180 Å². The first kappa shape index (κ1) is 21.2. The van der Waals surface area contributed by atoms with Gasteiger partial charge in [0, 0.05) is 22.7 Å². The van der Waals surface area contributed by atoms with Crippen molar-refractivity contribution in [2.75, 3.05) is 0 Å². The van der Waals surface area contributed by atoms with E-state index in [0.29, 0.717) is 16.8 Å². The summed E-state index contributed by atoms with van der Waals surface area (Å²) in [5.74, 6) is 0.445. The van der Waals surface area contributed by atoms with Crippen LogP contribution in [0.4, 0.5) is 0 Å². The molecule has 0 saturated heterocycles. The predicted octanol–water partition coefficient (Wildman–Crippen LogP) is 4.41. The van der Waals surface area contributed by atoms with Crippen LogP contribution in [0.5, 0.6) is 0 Å². The number of hydrazone groups is 1. The molecule has 30 heavy (non-hydrogen) atoms. The molecule has 2 aromatic carbocycles. The third kappa shape index (κ3) is 5.75. The van der Waals surface area contributed by atoms with Gasteiger partial charge in [-0.15, -0.1) is 0 Å². The number of rotatable bonds is 6. The quantitative estimate of drug-likeness (QED) is 0.279. The van der Waals surface area contributed by atoms with Gasteiger partial charge in [-0.25, -0.2) is 15.4 Å². The van der Waals surface area contributed by atoms with Crippen molar-refractivity contribution >= 4 is 23.4 Å². The van der Waals surface area contributed by atoms with E-state index >= 15 is 0 Å². The SMILES string of the molecule is C/C(=N/NC(=O)c1ccc(CSc2nc(C)cc(C)n2)cc1)c1ccc(C#N)cc1. The molecule has 3 aromatic rings. The third-order valence-electron chi connectivity index (χ3n) is 4.30. The fourth-order valence-corrected chi connectivity index (χ4v) is 3.61. The van der Waals surface area contributed by atoms with Crippen LogP contribution in [0.1, 0.15) is 45.4 Å². The summed E-state index contributed by atoms with van der Waals surface area (Å²) in [4.78, 5) is 21.2.